The van der Waals surface area contributed by atoms with Crippen LogP contribution in [0.25, 0.3) is 0 Å². The van der Waals surface area contributed by atoms with E-state index in [-0.39, 0.29) is 12.3 Å². The molecule has 0 unspecified atom stereocenters. The first-order chi connectivity index (χ1) is 6.59. The van der Waals surface area contributed by atoms with Gasteiger partial charge in [0.15, 0.2) is 0 Å². The molecule has 1 aromatic carbocycles. The van der Waals surface area contributed by atoms with E-state index in [4.69, 9.17) is 5.11 Å². The maximum atomic E-state index is 11.3. The highest BCUT2D eigenvalue weighted by Crippen LogP contribution is 2.29. The van der Waals surface area contributed by atoms with Crippen LogP contribution >= 0.6 is 22.6 Å². The lowest BCUT2D eigenvalue weighted by molar-refractivity contribution is -0.116. The summed E-state index contributed by atoms with van der Waals surface area (Å²) in [5.74, 6) is -0.380. The molecule has 1 aliphatic rings. The van der Waals surface area contributed by atoms with Crippen LogP contribution in [0.1, 0.15) is 5.56 Å². The van der Waals surface area contributed by atoms with Gasteiger partial charge in [-0.05, 0) is 46.4 Å². The standard InChI is InChI=1S/C9H6INO3/c10-6-1-2-7-5(3-6)4-8(12)11(7)9(13)14/h1-3H,4H2,(H,13,14). The number of carbonyl (C=O) groups is 2. The minimum Gasteiger partial charge on any atom is -0.464 e. The van der Waals surface area contributed by atoms with E-state index in [1.54, 1.807) is 12.1 Å². The molecular formula is C9H6INO3. The topological polar surface area (TPSA) is 57.6 Å². The van der Waals surface area contributed by atoms with Crippen LogP contribution in [-0.4, -0.2) is 17.1 Å². The number of halogens is 1. The molecule has 4 nitrogen and oxygen atoms in total. The van der Waals surface area contributed by atoms with Crippen molar-refractivity contribution in [2.24, 2.45) is 0 Å². The largest absolute Gasteiger partial charge is 0.464 e. The first-order valence-corrected chi connectivity index (χ1v) is 5.02. The average Bonchev–Trinajstić information content (AvgIpc) is 2.39. The second-order valence-electron chi connectivity index (χ2n) is 2.96. The maximum Gasteiger partial charge on any atom is 0.418 e. The van der Waals surface area contributed by atoms with Gasteiger partial charge >= 0.3 is 6.09 Å². The Labute approximate surface area is 93.7 Å². The van der Waals surface area contributed by atoms with Crippen LogP contribution in [0.2, 0.25) is 0 Å². The van der Waals surface area contributed by atoms with E-state index in [0.717, 1.165) is 14.0 Å². The van der Waals surface area contributed by atoms with Crippen LogP contribution in [0.4, 0.5) is 10.5 Å². The molecule has 0 spiro atoms. The summed E-state index contributed by atoms with van der Waals surface area (Å²) < 4.78 is 1.00. The highest BCUT2D eigenvalue weighted by Gasteiger charge is 2.31. The van der Waals surface area contributed by atoms with E-state index >= 15 is 0 Å². The molecule has 0 bridgehead atoms. The summed E-state index contributed by atoms with van der Waals surface area (Å²) in [4.78, 5) is 22.9. The summed E-state index contributed by atoms with van der Waals surface area (Å²) in [6.45, 7) is 0. The summed E-state index contributed by atoms with van der Waals surface area (Å²) in [6, 6.07) is 5.28. The molecule has 0 aromatic heterocycles. The second-order valence-corrected chi connectivity index (χ2v) is 4.21. The molecular weight excluding hydrogens is 297 g/mol. The molecule has 5 heteroatoms. The van der Waals surface area contributed by atoms with Crippen molar-refractivity contribution in [1.82, 2.24) is 0 Å². The summed E-state index contributed by atoms with van der Waals surface area (Å²) in [5.41, 5.74) is 1.27. The predicted octanol–water partition coefficient (Wildman–Crippen LogP) is 1.86. The number of anilines is 1. The molecule has 0 atom stereocenters. The molecule has 1 aromatic rings. The molecule has 0 saturated carbocycles. The Balaban J connectivity index is 2.53. The van der Waals surface area contributed by atoms with E-state index < -0.39 is 6.09 Å². The summed E-state index contributed by atoms with van der Waals surface area (Å²) in [7, 11) is 0. The number of benzene rings is 1. The van der Waals surface area contributed by atoms with Crippen molar-refractivity contribution in [3.63, 3.8) is 0 Å². The minimum atomic E-state index is -1.21. The number of nitrogens with zero attached hydrogens (tertiary/aromatic N) is 1. The van der Waals surface area contributed by atoms with Crippen molar-refractivity contribution in [3.05, 3.63) is 27.3 Å². The van der Waals surface area contributed by atoms with Gasteiger partial charge in [-0.25, -0.2) is 9.69 Å². The van der Waals surface area contributed by atoms with Gasteiger partial charge in [-0.15, -0.1) is 0 Å². The van der Waals surface area contributed by atoms with Gasteiger partial charge in [-0.1, -0.05) is 0 Å². The van der Waals surface area contributed by atoms with E-state index in [0.29, 0.717) is 5.69 Å². The van der Waals surface area contributed by atoms with Crippen LogP contribution in [0, 0.1) is 3.57 Å². The molecule has 0 saturated heterocycles. The van der Waals surface area contributed by atoms with Crippen molar-refractivity contribution in [1.29, 1.82) is 0 Å². The maximum absolute atomic E-state index is 11.3. The van der Waals surface area contributed by atoms with Gasteiger partial charge in [-0.3, -0.25) is 4.79 Å². The minimum absolute atomic E-state index is 0.179. The second kappa shape index (κ2) is 3.23. The summed E-state index contributed by atoms with van der Waals surface area (Å²) >= 11 is 2.13. The first-order valence-electron chi connectivity index (χ1n) is 3.94. The fourth-order valence-electron chi connectivity index (χ4n) is 1.50. The Morgan fingerprint density at radius 1 is 1.50 bits per heavy atom. The Bertz CT molecular complexity index is 430. The fourth-order valence-corrected chi connectivity index (χ4v) is 2.06. The van der Waals surface area contributed by atoms with E-state index in [1.807, 2.05) is 6.07 Å². The number of amides is 2. The molecule has 2 amide bonds. The predicted molar refractivity (Wildman–Crippen MR) is 58.4 cm³/mol. The molecule has 1 aliphatic heterocycles. The third-order valence-corrected chi connectivity index (χ3v) is 2.74. The van der Waals surface area contributed by atoms with Crippen molar-refractivity contribution in [3.8, 4) is 0 Å². The van der Waals surface area contributed by atoms with Crippen LogP contribution in [0.15, 0.2) is 18.2 Å². The van der Waals surface area contributed by atoms with E-state index in [2.05, 4.69) is 22.6 Å². The molecule has 14 heavy (non-hydrogen) atoms. The lowest BCUT2D eigenvalue weighted by atomic mass is 10.2. The van der Waals surface area contributed by atoms with E-state index in [9.17, 15) is 9.59 Å². The number of rotatable bonds is 0. The molecule has 2 rings (SSSR count). The molecule has 72 valence electrons. The highest BCUT2D eigenvalue weighted by atomic mass is 127. The van der Waals surface area contributed by atoms with Crippen LogP contribution in [0.5, 0.6) is 0 Å². The van der Waals surface area contributed by atoms with Crippen molar-refractivity contribution < 1.29 is 14.7 Å². The van der Waals surface area contributed by atoms with Gasteiger partial charge in [0.25, 0.3) is 0 Å². The Kier molecular flexibility index (Phi) is 2.18. The van der Waals surface area contributed by atoms with Gasteiger partial charge in [-0.2, -0.15) is 0 Å². The normalized spacial score (nSPS) is 14.4. The highest BCUT2D eigenvalue weighted by molar-refractivity contribution is 14.1. The fraction of sp³-hybridized carbons (Fsp3) is 0.111. The quantitative estimate of drug-likeness (QED) is 0.744. The lowest BCUT2D eigenvalue weighted by Gasteiger charge is -2.10. The molecule has 0 radical (unpaired) electrons. The lowest BCUT2D eigenvalue weighted by Crippen LogP contribution is -2.31. The molecule has 1 heterocycles. The Hall–Kier alpha value is -1.11. The zero-order valence-corrected chi connectivity index (χ0v) is 9.19. The Morgan fingerprint density at radius 3 is 2.86 bits per heavy atom. The summed E-state index contributed by atoms with van der Waals surface area (Å²) in [6.07, 6.45) is -1.03. The van der Waals surface area contributed by atoms with Gasteiger partial charge < -0.3 is 5.11 Å². The molecule has 1 N–H and O–H groups in total. The van der Waals surface area contributed by atoms with Crippen LogP contribution in [0.3, 0.4) is 0 Å². The van der Waals surface area contributed by atoms with Gasteiger partial charge in [0.05, 0.1) is 12.1 Å². The SMILES string of the molecule is O=C(O)N1C(=O)Cc2cc(I)ccc21. The third kappa shape index (κ3) is 1.37. The number of fused-ring (bicyclic) bond motifs is 1. The van der Waals surface area contributed by atoms with Crippen molar-refractivity contribution in [2.45, 2.75) is 6.42 Å². The van der Waals surface area contributed by atoms with Gasteiger partial charge in [0.1, 0.15) is 0 Å². The van der Waals surface area contributed by atoms with E-state index in [1.165, 1.54) is 0 Å². The number of hydrogen-bond donors (Lipinski definition) is 1. The van der Waals surface area contributed by atoms with Crippen molar-refractivity contribution in [2.75, 3.05) is 4.90 Å². The number of carboxylic acid groups (broad SMARTS) is 1. The van der Waals surface area contributed by atoms with Crippen LogP contribution < -0.4 is 4.90 Å². The molecule has 0 aliphatic carbocycles. The zero-order valence-electron chi connectivity index (χ0n) is 7.03. The first kappa shape index (κ1) is 9.45. The monoisotopic (exact) mass is 303 g/mol. The third-order valence-electron chi connectivity index (χ3n) is 2.06. The Morgan fingerprint density at radius 2 is 2.21 bits per heavy atom. The van der Waals surface area contributed by atoms with Gasteiger partial charge in [0, 0.05) is 3.57 Å². The molecule has 0 fully saturated rings. The number of hydrogen-bond acceptors (Lipinski definition) is 2. The number of carbonyl (C=O) groups excluding carboxylic acids is 1. The average molecular weight is 303 g/mol. The van der Waals surface area contributed by atoms with Crippen LogP contribution in [-0.2, 0) is 11.2 Å². The smallest absolute Gasteiger partial charge is 0.418 e. The zero-order chi connectivity index (χ0) is 10.3. The van der Waals surface area contributed by atoms with Gasteiger partial charge in [0.2, 0.25) is 5.91 Å². The summed E-state index contributed by atoms with van der Waals surface area (Å²) in [5, 5.41) is 8.80. The van der Waals surface area contributed by atoms with Crippen molar-refractivity contribution >= 4 is 40.3 Å². The number of imide groups is 1.